The van der Waals surface area contributed by atoms with Crippen LogP contribution in [0.25, 0.3) is 5.57 Å². The van der Waals surface area contributed by atoms with Gasteiger partial charge in [0.1, 0.15) is 0 Å². The molecular weight excluding hydrogens is 258 g/mol. The summed E-state index contributed by atoms with van der Waals surface area (Å²) < 4.78 is 33.3. The molecule has 0 radical (unpaired) electrons. The molecule has 0 aromatic heterocycles. The number of allylic oxidation sites excluding steroid dienone is 3. The zero-order valence-corrected chi connectivity index (χ0v) is 11.8. The molecule has 1 atom stereocenters. The fourth-order valence-corrected chi connectivity index (χ4v) is 2.42. The molecule has 1 unspecified atom stereocenters. The fraction of sp³-hybridized carbons (Fsp3) is 0.412. The maximum atomic E-state index is 14.1. The Morgan fingerprint density at radius 1 is 1.35 bits per heavy atom. The average molecular weight is 278 g/mol. The average Bonchev–Trinajstić information content (AvgIpc) is 2.49. The Hall–Kier alpha value is -1.64. The molecule has 0 fully saturated rings. The summed E-state index contributed by atoms with van der Waals surface area (Å²) in [5.41, 5.74) is 1.23. The van der Waals surface area contributed by atoms with Gasteiger partial charge >= 0.3 is 0 Å². The van der Waals surface area contributed by atoms with Gasteiger partial charge in [-0.1, -0.05) is 19.1 Å². The van der Waals surface area contributed by atoms with Gasteiger partial charge in [0.2, 0.25) is 5.82 Å². The van der Waals surface area contributed by atoms with Gasteiger partial charge in [-0.05, 0) is 49.3 Å². The van der Waals surface area contributed by atoms with Gasteiger partial charge in [0.15, 0.2) is 11.6 Å². The first-order valence-electron chi connectivity index (χ1n) is 7.10. The van der Waals surface area contributed by atoms with Gasteiger partial charge in [-0.15, -0.1) is 6.58 Å². The molecule has 20 heavy (non-hydrogen) atoms. The molecule has 1 aromatic carbocycles. The van der Waals surface area contributed by atoms with Crippen molar-refractivity contribution in [3.05, 3.63) is 48.1 Å². The van der Waals surface area contributed by atoms with Crippen molar-refractivity contribution < 1.29 is 13.5 Å². The van der Waals surface area contributed by atoms with Crippen molar-refractivity contribution in [2.45, 2.75) is 32.6 Å². The molecule has 2 rings (SSSR count). The number of hydrogen-bond donors (Lipinski definition) is 0. The van der Waals surface area contributed by atoms with Crippen LogP contribution in [0.4, 0.5) is 8.78 Å². The summed E-state index contributed by atoms with van der Waals surface area (Å²) in [7, 11) is 0. The van der Waals surface area contributed by atoms with Crippen LogP contribution in [0.15, 0.2) is 30.9 Å². The third kappa shape index (κ3) is 3.09. The molecular formula is C17H20F2O. The van der Waals surface area contributed by atoms with Crippen LogP contribution in [0.1, 0.15) is 38.2 Å². The van der Waals surface area contributed by atoms with Crippen LogP contribution in [-0.4, -0.2) is 6.61 Å². The second kappa shape index (κ2) is 6.69. The van der Waals surface area contributed by atoms with E-state index in [2.05, 4.69) is 6.58 Å². The molecule has 1 aliphatic carbocycles. The van der Waals surface area contributed by atoms with Gasteiger partial charge in [0.25, 0.3) is 0 Å². The summed E-state index contributed by atoms with van der Waals surface area (Å²) in [6.45, 7) is 6.08. The number of rotatable bonds is 5. The zero-order valence-electron chi connectivity index (χ0n) is 11.8. The minimum absolute atomic E-state index is 0.00604. The highest BCUT2D eigenvalue weighted by Crippen LogP contribution is 2.34. The van der Waals surface area contributed by atoms with Crippen molar-refractivity contribution in [3.8, 4) is 5.75 Å². The highest BCUT2D eigenvalue weighted by molar-refractivity contribution is 5.67. The van der Waals surface area contributed by atoms with Crippen LogP contribution >= 0.6 is 0 Å². The number of hydrogen-bond acceptors (Lipinski definition) is 1. The van der Waals surface area contributed by atoms with Gasteiger partial charge < -0.3 is 4.74 Å². The van der Waals surface area contributed by atoms with E-state index in [-0.39, 0.29) is 5.75 Å². The van der Waals surface area contributed by atoms with E-state index < -0.39 is 11.6 Å². The maximum absolute atomic E-state index is 14.1. The Balaban J connectivity index is 2.23. The van der Waals surface area contributed by atoms with E-state index in [1.165, 1.54) is 6.07 Å². The lowest BCUT2D eigenvalue weighted by Gasteiger charge is -2.20. The number of ether oxygens (including phenoxy) is 1. The molecule has 3 heteroatoms. The molecule has 0 saturated heterocycles. The molecule has 0 aliphatic heterocycles. The van der Waals surface area contributed by atoms with Crippen molar-refractivity contribution in [1.29, 1.82) is 0 Å². The second-order valence-corrected chi connectivity index (χ2v) is 5.09. The standard InChI is InChI=1S/C17H20F2O/c1-3-11-20-15-10-9-14(16(18)17(15)19)13-7-5-12(4-2)6-8-13/h4,7,9-10,12H,2-3,5-6,8,11H2,1H3. The minimum Gasteiger partial charge on any atom is -0.490 e. The number of halogens is 2. The Labute approximate surface area is 119 Å². The molecule has 1 nitrogen and oxygen atoms in total. The molecule has 1 aromatic rings. The molecule has 0 bridgehead atoms. The molecule has 0 spiro atoms. The predicted octanol–water partition coefficient (Wildman–Crippen LogP) is 5.12. The topological polar surface area (TPSA) is 9.23 Å². The summed E-state index contributed by atoms with van der Waals surface area (Å²) in [5.74, 6) is -1.25. The Morgan fingerprint density at radius 3 is 2.75 bits per heavy atom. The summed E-state index contributed by atoms with van der Waals surface area (Å²) >= 11 is 0. The van der Waals surface area contributed by atoms with Crippen molar-refractivity contribution in [2.75, 3.05) is 6.61 Å². The van der Waals surface area contributed by atoms with Gasteiger partial charge in [-0.25, -0.2) is 4.39 Å². The number of benzene rings is 1. The first-order chi connectivity index (χ1) is 9.67. The SMILES string of the molecule is C=CC1CC=C(c2ccc(OCCC)c(F)c2F)CC1. The largest absolute Gasteiger partial charge is 0.490 e. The Morgan fingerprint density at radius 2 is 2.15 bits per heavy atom. The van der Waals surface area contributed by atoms with Gasteiger partial charge in [-0.2, -0.15) is 4.39 Å². The van der Waals surface area contributed by atoms with E-state index in [4.69, 9.17) is 4.74 Å². The quantitative estimate of drug-likeness (QED) is 0.679. The first kappa shape index (κ1) is 14.8. The third-order valence-corrected chi connectivity index (χ3v) is 3.64. The normalized spacial score (nSPS) is 18.6. The minimum atomic E-state index is -0.886. The highest BCUT2D eigenvalue weighted by atomic mass is 19.2. The van der Waals surface area contributed by atoms with Crippen LogP contribution in [0.5, 0.6) is 5.75 Å². The van der Waals surface area contributed by atoms with Crippen LogP contribution in [0, 0.1) is 17.6 Å². The smallest absolute Gasteiger partial charge is 0.201 e. The van der Waals surface area contributed by atoms with Crippen LogP contribution in [0.3, 0.4) is 0 Å². The predicted molar refractivity (Wildman–Crippen MR) is 77.7 cm³/mol. The molecule has 108 valence electrons. The maximum Gasteiger partial charge on any atom is 0.201 e. The molecule has 0 amide bonds. The van der Waals surface area contributed by atoms with E-state index >= 15 is 0 Å². The van der Waals surface area contributed by atoms with Gasteiger partial charge in [-0.3, -0.25) is 0 Å². The van der Waals surface area contributed by atoms with E-state index in [1.54, 1.807) is 6.07 Å². The van der Waals surface area contributed by atoms with E-state index in [1.807, 2.05) is 19.1 Å². The molecule has 1 aliphatic rings. The zero-order chi connectivity index (χ0) is 14.5. The second-order valence-electron chi connectivity index (χ2n) is 5.09. The van der Waals surface area contributed by atoms with Gasteiger partial charge in [0.05, 0.1) is 6.61 Å². The van der Waals surface area contributed by atoms with Crippen molar-refractivity contribution in [2.24, 2.45) is 5.92 Å². The van der Waals surface area contributed by atoms with Crippen LogP contribution in [-0.2, 0) is 0 Å². The van der Waals surface area contributed by atoms with Crippen molar-refractivity contribution in [3.63, 3.8) is 0 Å². The monoisotopic (exact) mass is 278 g/mol. The first-order valence-corrected chi connectivity index (χ1v) is 7.10. The van der Waals surface area contributed by atoms with E-state index in [9.17, 15) is 8.78 Å². The molecule has 0 heterocycles. The summed E-state index contributed by atoms with van der Waals surface area (Å²) in [5, 5.41) is 0. The lowest BCUT2D eigenvalue weighted by molar-refractivity contribution is 0.295. The highest BCUT2D eigenvalue weighted by Gasteiger charge is 2.19. The Bertz CT molecular complexity index is 520. The lowest BCUT2D eigenvalue weighted by Crippen LogP contribution is -2.05. The van der Waals surface area contributed by atoms with Crippen molar-refractivity contribution in [1.82, 2.24) is 0 Å². The summed E-state index contributed by atoms with van der Waals surface area (Å²) in [6, 6.07) is 3.13. The third-order valence-electron chi connectivity index (χ3n) is 3.64. The molecule has 0 N–H and O–H groups in total. The van der Waals surface area contributed by atoms with Crippen molar-refractivity contribution >= 4 is 5.57 Å². The Kier molecular flexibility index (Phi) is 4.94. The van der Waals surface area contributed by atoms with E-state index in [0.29, 0.717) is 18.1 Å². The molecule has 0 saturated carbocycles. The summed E-state index contributed by atoms with van der Waals surface area (Å²) in [6.07, 6.45) is 7.20. The van der Waals surface area contributed by atoms with Crippen LogP contribution in [0.2, 0.25) is 0 Å². The van der Waals surface area contributed by atoms with Gasteiger partial charge in [0, 0.05) is 5.56 Å². The summed E-state index contributed by atoms with van der Waals surface area (Å²) in [4.78, 5) is 0. The van der Waals surface area contributed by atoms with Crippen LogP contribution < -0.4 is 4.74 Å². The van der Waals surface area contributed by atoms with E-state index in [0.717, 1.165) is 31.3 Å². The fourth-order valence-electron chi connectivity index (χ4n) is 2.42. The lowest BCUT2D eigenvalue weighted by atomic mass is 9.86.